The van der Waals surface area contributed by atoms with E-state index in [9.17, 15) is 24.9 Å². The van der Waals surface area contributed by atoms with Crippen molar-refractivity contribution in [2.75, 3.05) is 19.4 Å². The number of benzene rings is 3. The van der Waals surface area contributed by atoms with E-state index in [1.54, 1.807) is 18.3 Å². The van der Waals surface area contributed by atoms with E-state index in [1.165, 1.54) is 13.5 Å². The van der Waals surface area contributed by atoms with Crippen LogP contribution in [0.1, 0.15) is 111 Å². The van der Waals surface area contributed by atoms with Gasteiger partial charge in [0, 0.05) is 43.3 Å². The van der Waals surface area contributed by atoms with Crippen LogP contribution in [0.5, 0.6) is 11.5 Å². The summed E-state index contributed by atoms with van der Waals surface area (Å²) in [5.41, 5.74) is 9.90. The maximum Gasteiger partial charge on any atom is 0.160 e. The van der Waals surface area contributed by atoms with E-state index in [2.05, 4.69) is 52.5 Å². The predicted octanol–water partition coefficient (Wildman–Crippen LogP) is 7.63. The molecule has 10 atom stereocenters. The van der Waals surface area contributed by atoms with Gasteiger partial charge >= 0.3 is 0 Å². The summed E-state index contributed by atoms with van der Waals surface area (Å²) in [4.78, 5) is 30.1. The molecule has 4 aliphatic rings. The molecule has 59 heavy (non-hydrogen) atoms. The molecule has 3 aromatic carbocycles. The molecule has 0 radical (unpaired) electrons. The zero-order valence-corrected chi connectivity index (χ0v) is 34.2. The average Bonchev–Trinajstić information content (AvgIpc) is 3.30. The van der Waals surface area contributed by atoms with Gasteiger partial charge in [-0.2, -0.15) is 0 Å². The number of carbonyl (C=O) groups is 2. The Morgan fingerprint density at radius 1 is 0.898 bits per heavy atom. The molecular formula is C50H59N3O6. The van der Waals surface area contributed by atoms with Crippen molar-refractivity contribution in [1.82, 2.24) is 10.3 Å². The Hall–Kier alpha value is -4.75. The number of methoxy groups -OCH3 is 1. The molecule has 2 saturated carbocycles. The molecule has 9 nitrogen and oxygen atoms in total. The SMILES string of the molecule is COc1cc2c(cc1O)C(CCC(O)CC(c1ccnc(N)c1)c1ccc3ccccc3c1)C#CC(C(O)CCC1CCC3C(CNC4CC(=O)CCC43)C1)C(=O)CC2. The Morgan fingerprint density at radius 3 is 2.56 bits per heavy atom. The number of ketones is 2. The number of hydrogen-bond donors (Lipinski definition) is 5. The molecule has 10 unspecified atom stereocenters. The number of phenolic OH excluding ortho intramolecular Hbond substituents is 1. The van der Waals surface area contributed by atoms with Crippen molar-refractivity contribution in [3.8, 4) is 23.3 Å². The van der Waals surface area contributed by atoms with E-state index in [4.69, 9.17) is 10.5 Å². The second-order valence-corrected chi connectivity index (χ2v) is 17.9. The van der Waals surface area contributed by atoms with Gasteiger partial charge in [-0.05, 0) is 145 Å². The molecule has 9 heteroatoms. The number of phenols is 1. The Bertz CT molecular complexity index is 2210. The summed E-state index contributed by atoms with van der Waals surface area (Å²) in [6, 6.07) is 22.3. The zero-order chi connectivity index (χ0) is 41.0. The van der Waals surface area contributed by atoms with Crippen molar-refractivity contribution in [2.24, 2.45) is 29.6 Å². The molecule has 0 amide bonds. The van der Waals surface area contributed by atoms with E-state index in [-0.39, 0.29) is 29.8 Å². The van der Waals surface area contributed by atoms with Crippen LogP contribution in [0.25, 0.3) is 10.8 Å². The summed E-state index contributed by atoms with van der Waals surface area (Å²) in [7, 11) is 1.51. The number of aromatic hydroxyl groups is 1. The summed E-state index contributed by atoms with van der Waals surface area (Å²) in [6.45, 7) is 0.962. The minimum absolute atomic E-state index is 0.00258. The Balaban J connectivity index is 0.974. The van der Waals surface area contributed by atoms with Crippen molar-refractivity contribution < 1.29 is 29.6 Å². The molecule has 8 rings (SSSR count). The predicted molar refractivity (Wildman–Crippen MR) is 230 cm³/mol. The lowest BCUT2D eigenvalue weighted by Crippen LogP contribution is -2.54. The van der Waals surface area contributed by atoms with E-state index in [0.717, 1.165) is 65.3 Å². The largest absolute Gasteiger partial charge is 0.504 e. The summed E-state index contributed by atoms with van der Waals surface area (Å²) in [5.74, 6) is 8.75. The van der Waals surface area contributed by atoms with Crippen LogP contribution in [0, 0.1) is 41.4 Å². The normalized spacial score (nSPS) is 27.1. The maximum atomic E-state index is 13.8. The number of rotatable bonds is 12. The van der Waals surface area contributed by atoms with Gasteiger partial charge in [0.1, 0.15) is 17.5 Å². The van der Waals surface area contributed by atoms with Crippen LogP contribution in [0.15, 0.2) is 72.9 Å². The van der Waals surface area contributed by atoms with Crippen LogP contribution in [0.4, 0.5) is 5.82 Å². The third kappa shape index (κ3) is 9.36. The number of pyridine rings is 1. The Morgan fingerprint density at radius 2 is 1.73 bits per heavy atom. The van der Waals surface area contributed by atoms with Crippen molar-refractivity contribution in [3.05, 3.63) is 95.2 Å². The van der Waals surface area contributed by atoms with Crippen LogP contribution in [0.2, 0.25) is 0 Å². The smallest absolute Gasteiger partial charge is 0.160 e. The fourth-order valence-electron chi connectivity index (χ4n) is 11.0. The number of ether oxygens (including phenoxy) is 1. The van der Waals surface area contributed by atoms with Crippen LogP contribution >= 0.6 is 0 Å². The van der Waals surface area contributed by atoms with Crippen molar-refractivity contribution in [2.45, 2.75) is 114 Å². The molecule has 2 heterocycles. The molecule has 1 aliphatic heterocycles. The highest BCUT2D eigenvalue weighted by molar-refractivity contribution is 5.85. The highest BCUT2D eigenvalue weighted by atomic mass is 16.5. The van der Waals surface area contributed by atoms with Crippen LogP contribution in [-0.2, 0) is 16.0 Å². The number of carbonyl (C=O) groups excluding carboxylic acids is 2. The topological polar surface area (TPSA) is 155 Å². The van der Waals surface area contributed by atoms with Gasteiger partial charge < -0.3 is 31.1 Å². The molecule has 3 aliphatic carbocycles. The van der Waals surface area contributed by atoms with E-state index >= 15 is 0 Å². The van der Waals surface area contributed by atoms with Gasteiger partial charge in [0.2, 0.25) is 0 Å². The first kappa shape index (κ1) is 41.0. The van der Waals surface area contributed by atoms with Crippen LogP contribution < -0.4 is 15.8 Å². The number of hydrogen-bond acceptors (Lipinski definition) is 9. The number of nitrogen functional groups attached to an aromatic ring is 1. The summed E-state index contributed by atoms with van der Waals surface area (Å²) in [6.07, 6.45) is 9.31. The maximum absolute atomic E-state index is 13.8. The first-order valence-corrected chi connectivity index (χ1v) is 21.9. The molecular weight excluding hydrogens is 739 g/mol. The molecule has 6 N–H and O–H groups in total. The average molecular weight is 798 g/mol. The monoisotopic (exact) mass is 797 g/mol. The van der Waals surface area contributed by atoms with Crippen molar-refractivity contribution >= 4 is 28.2 Å². The molecule has 4 aromatic rings. The lowest BCUT2D eigenvalue weighted by molar-refractivity contribution is -0.124. The number of aromatic nitrogens is 1. The van der Waals surface area contributed by atoms with Crippen molar-refractivity contribution in [1.29, 1.82) is 0 Å². The number of aryl methyl sites for hydroxylation is 1. The quantitative estimate of drug-likeness (QED) is 0.0911. The first-order chi connectivity index (χ1) is 28.6. The van der Waals surface area contributed by atoms with Gasteiger partial charge in [0.25, 0.3) is 0 Å². The van der Waals surface area contributed by atoms with Gasteiger partial charge in [-0.1, -0.05) is 60.7 Å². The fraction of sp³-hybridized carbons (Fsp3) is 0.500. The second-order valence-electron chi connectivity index (χ2n) is 17.9. The number of aliphatic hydroxyl groups excluding tert-OH is 2. The van der Waals surface area contributed by atoms with Crippen LogP contribution in [0.3, 0.4) is 0 Å². The van der Waals surface area contributed by atoms with E-state index in [0.29, 0.717) is 92.0 Å². The number of aliphatic hydroxyl groups is 2. The summed E-state index contributed by atoms with van der Waals surface area (Å²) >= 11 is 0. The van der Waals surface area contributed by atoms with E-state index < -0.39 is 18.1 Å². The summed E-state index contributed by atoms with van der Waals surface area (Å²) < 4.78 is 5.47. The Labute approximate surface area is 348 Å². The molecule has 1 saturated heterocycles. The molecule has 3 fully saturated rings. The van der Waals surface area contributed by atoms with Gasteiger partial charge in [-0.15, -0.1) is 0 Å². The number of nitrogens with two attached hydrogens (primary N) is 1. The Kier molecular flexibility index (Phi) is 12.7. The molecule has 0 spiro atoms. The standard InChI is InChI=1S/C50H59N3O6/c1-59-49-24-35-12-19-47(57)42(46(56)18-7-30-6-15-40-37(22-30)29-53-45-27-39(55)14-17-41(40)45)16-11-32(44(35)28-48(49)58)10-13-38(54)26-43(36-20-21-52-50(51)25-36)34-9-8-31-4-2-3-5-33(31)23-34/h2-5,8-9,20-21,23-25,28,30,32,37-38,40-43,45-46,53-54,56,58H,6-7,10,12-15,17-19,22,26-27,29H2,1H3,(H2,51,52). The van der Waals surface area contributed by atoms with Crippen molar-refractivity contribution in [3.63, 3.8) is 0 Å². The van der Waals surface area contributed by atoms with Gasteiger partial charge in [-0.25, -0.2) is 4.98 Å². The van der Waals surface area contributed by atoms with Gasteiger partial charge in [0.05, 0.1) is 19.3 Å². The number of piperidine rings is 1. The number of nitrogens with one attached hydrogen (secondary N) is 1. The lowest BCUT2D eigenvalue weighted by atomic mass is 9.61. The third-order valence-electron chi connectivity index (χ3n) is 14.2. The third-order valence-corrected chi connectivity index (χ3v) is 14.2. The second kappa shape index (κ2) is 18.3. The lowest BCUT2D eigenvalue weighted by Gasteiger charge is -2.49. The van der Waals surface area contributed by atoms with Crippen LogP contribution in [-0.4, -0.2) is 63.8 Å². The number of fused-ring (bicyclic) bond motifs is 5. The van der Waals surface area contributed by atoms with Gasteiger partial charge in [0.15, 0.2) is 17.3 Å². The first-order valence-electron chi connectivity index (χ1n) is 21.9. The highest BCUT2D eigenvalue weighted by Crippen LogP contribution is 2.46. The minimum atomic E-state index is -0.878. The fourth-order valence-corrected chi connectivity index (χ4v) is 11.0. The molecule has 310 valence electrons. The zero-order valence-electron chi connectivity index (χ0n) is 34.2. The number of anilines is 1. The molecule has 0 bridgehead atoms. The summed E-state index contributed by atoms with van der Waals surface area (Å²) in [5, 5.41) is 40.3. The van der Waals surface area contributed by atoms with E-state index in [1.807, 2.05) is 24.3 Å². The van der Waals surface area contributed by atoms with Gasteiger partial charge in [-0.3, -0.25) is 9.59 Å². The highest BCUT2D eigenvalue weighted by Gasteiger charge is 2.44. The number of Topliss-reactive ketones (excluding diaryl/α,β-unsaturated/α-hetero) is 2. The minimum Gasteiger partial charge on any atom is -0.504 e. The number of nitrogens with zero attached hydrogens (tertiary/aromatic N) is 1. The molecule has 1 aromatic heterocycles.